The lowest BCUT2D eigenvalue weighted by molar-refractivity contribution is -0.917. The van der Waals surface area contributed by atoms with Crippen molar-refractivity contribution in [1.82, 2.24) is 0 Å². The molecule has 0 unspecified atom stereocenters. The number of morpholine rings is 1. The fourth-order valence-corrected chi connectivity index (χ4v) is 2.98. The third-order valence-corrected chi connectivity index (χ3v) is 4.35. The molecular formula is C13H26NO+. The molecule has 0 atom stereocenters. The molecule has 0 radical (unpaired) electrons. The summed E-state index contributed by atoms with van der Waals surface area (Å²) in [6, 6.07) is 0. The van der Waals surface area contributed by atoms with Crippen molar-refractivity contribution in [3.05, 3.63) is 0 Å². The van der Waals surface area contributed by atoms with E-state index in [9.17, 15) is 0 Å². The number of likely N-dealkylation sites (N-methyl/N-ethyl adjacent to an activating group) is 1. The highest BCUT2D eigenvalue weighted by Crippen LogP contribution is 2.27. The molecule has 2 aliphatic rings. The Kier molecular flexibility index (Phi) is 4.04. The Balaban J connectivity index is 1.70. The molecule has 0 aromatic carbocycles. The fraction of sp³-hybridized carbons (Fsp3) is 1.00. The summed E-state index contributed by atoms with van der Waals surface area (Å²) in [7, 11) is 2.41. The van der Waals surface area contributed by atoms with Gasteiger partial charge in [0.15, 0.2) is 0 Å². The smallest absolute Gasteiger partial charge is 0.102 e. The van der Waals surface area contributed by atoms with Gasteiger partial charge in [-0.15, -0.1) is 0 Å². The molecule has 0 N–H and O–H groups in total. The normalized spacial score (nSPS) is 27.8. The van der Waals surface area contributed by atoms with Gasteiger partial charge in [-0.1, -0.05) is 32.1 Å². The second-order valence-corrected chi connectivity index (χ2v) is 5.70. The van der Waals surface area contributed by atoms with Crippen LogP contribution in [-0.4, -0.2) is 44.4 Å². The zero-order valence-electron chi connectivity index (χ0n) is 10.2. The Bertz CT molecular complexity index is 181. The minimum atomic E-state index is 0.973. The summed E-state index contributed by atoms with van der Waals surface area (Å²) in [6.45, 7) is 5.79. The lowest BCUT2D eigenvalue weighted by atomic mass is 9.87. The maximum absolute atomic E-state index is 5.44. The van der Waals surface area contributed by atoms with Crippen LogP contribution >= 0.6 is 0 Å². The van der Waals surface area contributed by atoms with Gasteiger partial charge in [-0.3, -0.25) is 0 Å². The number of ether oxygens (including phenoxy) is 1. The summed E-state index contributed by atoms with van der Waals surface area (Å²) in [5.74, 6) is 1.04. The maximum atomic E-state index is 5.44. The first-order chi connectivity index (χ1) is 7.29. The molecule has 1 heterocycles. The SMILES string of the molecule is C[N+]1(CCC2CCCCC2)CCOCC1. The molecule has 15 heavy (non-hydrogen) atoms. The number of rotatable bonds is 3. The molecule has 0 spiro atoms. The van der Waals surface area contributed by atoms with E-state index in [2.05, 4.69) is 7.05 Å². The molecule has 1 saturated heterocycles. The van der Waals surface area contributed by atoms with Gasteiger partial charge in [0.25, 0.3) is 0 Å². The van der Waals surface area contributed by atoms with Crippen molar-refractivity contribution in [3.63, 3.8) is 0 Å². The summed E-state index contributed by atoms with van der Waals surface area (Å²) in [5, 5.41) is 0. The number of quaternary nitrogens is 1. The third-order valence-electron chi connectivity index (χ3n) is 4.35. The first kappa shape index (κ1) is 11.4. The minimum absolute atomic E-state index is 0.973. The predicted molar refractivity (Wildman–Crippen MR) is 62.8 cm³/mol. The van der Waals surface area contributed by atoms with E-state index in [1.54, 1.807) is 0 Å². The summed E-state index contributed by atoms with van der Waals surface area (Å²) < 4.78 is 6.70. The Morgan fingerprint density at radius 2 is 1.73 bits per heavy atom. The highest BCUT2D eigenvalue weighted by atomic mass is 16.5. The molecule has 1 saturated carbocycles. The van der Waals surface area contributed by atoms with Crippen LogP contribution in [0.25, 0.3) is 0 Å². The maximum Gasteiger partial charge on any atom is 0.102 e. The highest BCUT2D eigenvalue weighted by molar-refractivity contribution is 4.65. The standard InChI is InChI=1S/C13H26NO/c1-14(9-11-15-12-10-14)8-7-13-5-3-2-4-6-13/h13H,2-12H2,1H3/q+1. The molecule has 2 heteroatoms. The average Bonchev–Trinajstić information content (AvgIpc) is 2.29. The van der Waals surface area contributed by atoms with E-state index < -0.39 is 0 Å². The molecular weight excluding hydrogens is 186 g/mol. The van der Waals surface area contributed by atoms with Crippen molar-refractivity contribution in [3.8, 4) is 0 Å². The lowest BCUT2D eigenvalue weighted by Crippen LogP contribution is -2.52. The number of nitrogens with zero attached hydrogens (tertiary/aromatic N) is 1. The Morgan fingerprint density at radius 3 is 2.40 bits per heavy atom. The first-order valence-electron chi connectivity index (χ1n) is 6.70. The second-order valence-electron chi connectivity index (χ2n) is 5.70. The van der Waals surface area contributed by atoms with Crippen molar-refractivity contribution >= 4 is 0 Å². The van der Waals surface area contributed by atoms with Crippen LogP contribution in [0.5, 0.6) is 0 Å². The Morgan fingerprint density at radius 1 is 1.07 bits per heavy atom. The van der Waals surface area contributed by atoms with E-state index >= 15 is 0 Å². The van der Waals surface area contributed by atoms with Crippen LogP contribution in [0.2, 0.25) is 0 Å². The zero-order valence-corrected chi connectivity index (χ0v) is 10.2. The van der Waals surface area contributed by atoms with Gasteiger partial charge in [-0.25, -0.2) is 0 Å². The van der Waals surface area contributed by atoms with Crippen LogP contribution in [0, 0.1) is 5.92 Å². The second kappa shape index (κ2) is 5.31. The molecule has 88 valence electrons. The summed E-state index contributed by atoms with van der Waals surface area (Å²) in [4.78, 5) is 0. The number of hydrogen-bond acceptors (Lipinski definition) is 1. The summed E-state index contributed by atoms with van der Waals surface area (Å²) in [6.07, 6.45) is 8.90. The van der Waals surface area contributed by atoms with Gasteiger partial charge in [-0.05, 0) is 12.3 Å². The largest absolute Gasteiger partial charge is 0.370 e. The highest BCUT2D eigenvalue weighted by Gasteiger charge is 2.26. The lowest BCUT2D eigenvalue weighted by Gasteiger charge is -2.38. The fourth-order valence-electron chi connectivity index (χ4n) is 2.98. The van der Waals surface area contributed by atoms with Crippen LogP contribution in [0.4, 0.5) is 0 Å². The van der Waals surface area contributed by atoms with Gasteiger partial charge >= 0.3 is 0 Å². The molecule has 2 rings (SSSR count). The van der Waals surface area contributed by atoms with Crippen molar-refractivity contribution in [2.45, 2.75) is 38.5 Å². The van der Waals surface area contributed by atoms with E-state index in [0.29, 0.717) is 0 Å². The minimum Gasteiger partial charge on any atom is -0.370 e. The Labute approximate surface area is 94.2 Å². The quantitative estimate of drug-likeness (QED) is 0.653. The van der Waals surface area contributed by atoms with E-state index in [-0.39, 0.29) is 0 Å². The van der Waals surface area contributed by atoms with E-state index in [1.165, 1.54) is 62.6 Å². The van der Waals surface area contributed by atoms with E-state index in [0.717, 1.165) is 19.1 Å². The van der Waals surface area contributed by atoms with Gasteiger partial charge in [0.2, 0.25) is 0 Å². The van der Waals surface area contributed by atoms with Crippen molar-refractivity contribution in [2.75, 3.05) is 39.9 Å². The van der Waals surface area contributed by atoms with Crippen molar-refractivity contribution < 1.29 is 9.22 Å². The topological polar surface area (TPSA) is 9.23 Å². The molecule has 0 aromatic rings. The number of hydrogen-bond donors (Lipinski definition) is 0. The van der Waals surface area contributed by atoms with Crippen LogP contribution < -0.4 is 0 Å². The molecule has 2 fully saturated rings. The molecule has 2 nitrogen and oxygen atoms in total. The van der Waals surface area contributed by atoms with Gasteiger partial charge in [0, 0.05) is 0 Å². The molecule has 0 amide bonds. The van der Waals surface area contributed by atoms with Crippen LogP contribution in [0.1, 0.15) is 38.5 Å². The zero-order chi connectivity index (χ0) is 10.6. The van der Waals surface area contributed by atoms with Crippen molar-refractivity contribution in [1.29, 1.82) is 0 Å². The van der Waals surface area contributed by atoms with Crippen LogP contribution in [0.3, 0.4) is 0 Å². The summed E-state index contributed by atoms with van der Waals surface area (Å²) in [5.41, 5.74) is 0. The van der Waals surface area contributed by atoms with Crippen LogP contribution in [0.15, 0.2) is 0 Å². The molecule has 1 aliphatic carbocycles. The first-order valence-corrected chi connectivity index (χ1v) is 6.70. The van der Waals surface area contributed by atoms with Gasteiger partial charge in [-0.2, -0.15) is 0 Å². The Hall–Kier alpha value is -0.0800. The third kappa shape index (κ3) is 3.46. The van der Waals surface area contributed by atoms with E-state index in [1.807, 2.05) is 0 Å². The monoisotopic (exact) mass is 212 g/mol. The molecule has 0 bridgehead atoms. The predicted octanol–water partition coefficient (Wildman–Crippen LogP) is 2.43. The average molecular weight is 212 g/mol. The molecule has 0 aromatic heterocycles. The summed E-state index contributed by atoms with van der Waals surface area (Å²) >= 11 is 0. The molecule has 1 aliphatic heterocycles. The van der Waals surface area contributed by atoms with Crippen LogP contribution in [-0.2, 0) is 4.74 Å². The van der Waals surface area contributed by atoms with Gasteiger partial charge in [0.1, 0.15) is 13.1 Å². The van der Waals surface area contributed by atoms with E-state index in [4.69, 9.17) is 4.74 Å². The van der Waals surface area contributed by atoms with Gasteiger partial charge in [0.05, 0.1) is 26.8 Å². The van der Waals surface area contributed by atoms with Gasteiger partial charge < -0.3 is 9.22 Å². The van der Waals surface area contributed by atoms with Crippen molar-refractivity contribution in [2.24, 2.45) is 5.92 Å².